The molecule has 0 saturated heterocycles. The monoisotopic (exact) mass is 544 g/mol. The number of nitrogens with zero attached hydrogens (tertiary/aromatic N) is 1. The van der Waals surface area contributed by atoms with Gasteiger partial charge in [0.1, 0.15) is 23.0 Å². The molecule has 0 unspecified atom stereocenters. The predicted molar refractivity (Wildman–Crippen MR) is 141 cm³/mol. The summed E-state index contributed by atoms with van der Waals surface area (Å²) < 4.78 is 44.2. The third-order valence-electron chi connectivity index (χ3n) is 5.94. The summed E-state index contributed by atoms with van der Waals surface area (Å²) in [6.07, 6.45) is 2.49. The van der Waals surface area contributed by atoms with Gasteiger partial charge in [-0.25, -0.2) is 13.2 Å². The molecule has 3 aromatic rings. The minimum absolute atomic E-state index is 0.0191. The van der Waals surface area contributed by atoms with E-state index in [1.54, 1.807) is 31.2 Å². The minimum Gasteiger partial charge on any atom is -0.497 e. The number of hydrogen-bond donors (Lipinski definition) is 1. The second-order valence-corrected chi connectivity index (χ2v) is 11.2. The predicted octanol–water partition coefficient (Wildman–Crippen LogP) is 4.26. The fraction of sp³-hybridized carbons (Fsp3) is 0.308. The number of fused-ring (bicyclic) bond motifs is 1. The van der Waals surface area contributed by atoms with Crippen LogP contribution in [0.25, 0.3) is 0 Å². The summed E-state index contributed by atoms with van der Waals surface area (Å²) in [6, 6.07) is 12.4. The number of methoxy groups -OCH3 is 2. The van der Waals surface area contributed by atoms with E-state index in [2.05, 4.69) is 5.32 Å². The number of para-hydroxylation sites is 2. The highest BCUT2D eigenvalue weighted by Gasteiger charge is 2.32. The number of anilines is 2. The van der Waals surface area contributed by atoms with Crippen LogP contribution in [0.5, 0.6) is 11.5 Å². The molecule has 4 rings (SSSR count). The van der Waals surface area contributed by atoms with Gasteiger partial charge in [0.2, 0.25) is 5.91 Å². The van der Waals surface area contributed by atoms with Crippen molar-refractivity contribution in [1.82, 2.24) is 0 Å². The first-order valence-corrected chi connectivity index (χ1v) is 14.0. The van der Waals surface area contributed by atoms with Gasteiger partial charge in [0.25, 0.3) is 10.0 Å². The van der Waals surface area contributed by atoms with Crippen LogP contribution in [-0.4, -0.2) is 47.7 Å². The van der Waals surface area contributed by atoms with Crippen molar-refractivity contribution in [3.63, 3.8) is 0 Å². The van der Waals surface area contributed by atoms with Gasteiger partial charge >= 0.3 is 5.97 Å². The van der Waals surface area contributed by atoms with Crippen molar-refractivity contribution in [2.24, 2.45) is 0 Å². The van der Waals surface area contributed by atoms with Crippen LogP contribution < -0.4 is 19.1 Å². The van der Waals surface area contributed by atoms with Gasteiger partial charge in [-0.15, -0.1) is 11.3 Å². The summed E-state index contributed by atoms with van der Waals surface area (Å²) in [5, 5.41) is 3.14. The van der Waals surface area contributed by atoms with E-state index in [1.807, 2.05) is 0 Å². The lowest BCUT2D eigenvalue weighted by atomic mass is 10.1. The van der Waals surface area contributed by atoms with Gasteiger partial charge in [-0.1, -0.05) is 12.1 Å². The number of esters is 1. The Morgan fingerprint density at radius 3 is 2.43 bits per heavy atom. The van der Waals surface area contributed by atoms with Gasteiger partial charge < -0.3 is 19.5 Å². The molecule has 2 aromatic carbocycles. The first-order chi connectivity index (χ1) is 17.8. The van der Waals surface area contributed by atoms with E-state index in [1.165, 1.54) is 49.8 Å². The molecular weight excluding hydrogens is 516 g/mol. The van der Waals surface area contributed by atoms with Crippen LogP contribution >= 0.6 is 11.3 Å². The molecule has 1 aliphatic carbocycles. The Kier molecular flexibility index (Phi) is 8.03. The molecule has 0 bridgehead atoms. The highest BCUT2D eigenvalue weighted by molar-refractivity contribution is 7.92. The lowest BCUT2D eigenvalue weighted by Crippen LogP contribution is -2.38. The Balaban J connectivity index is 1.69. The number of aryl methyl sites for hydroxylation is 1. The van der Waals surface area contributed by atoms with E-state index in [4.69, 9.17) is 14.2 Å². The van der Waals surface area contributed by atoms with Gasteiger partial charge in [-0.05, 0) is 68.1 Å². The average Bonchev–Trinajstić information content (AvgIpc) is 3.48. The maximum absolute atomic E-state index is 13.7. The zero-order valence-corrected chi connectivity index (χ0v) is 22.4. The number of hydrogen-bond acceptors (Lipinski definition) is 8. The van der Waals surface area contributed by atoms with Crippen LogP contribution in [0, 0.1) is 0 Å². The molecule has 0 atom stereocenters. The molecule has 0 aliphatic heterocycles. The summed E-state index contributed by atoms with van der Waals surface area (Å²) in [5.41, 5.74) is 1.45. The summed E-state index contributed by atoms with van der Waals surface area (Å²) >= 11 is 1.33. The van der Waals surface area contributed by atoms with Crippen LogP contribution in [0.3, 0.4) is 0 Å². The van der Waals surface area contributed by atoms with Crippen molar-refractivity contribution < 1.29 is 32.2 Å². The van der Waals surface area contributed by atoms with Crippen molar-refractivity contribution in [2.75, 3.05) is 37.0 Å². The van der Waals surface area contributed by atoms with Gasteiger partial charge in [-0.2, -0.15) is 0 Å². The average molecular weight is 545 g/mol. The number of benzene rings is 2. The van der Waals surface area contributed by atoms with Crippen LogP contribution in [0.2, 0.25) is 0 Å². The molecule has 1 aliphatic rings. The SMILES string of the molecule is CCOC(=O)c1c(NC(=O)CN(c2ccccc2OC)S(=O)(=O)c2ccc(OC)cc2)sc2c1CCC2. The highest BCUT2D eigenvalue weighted by Crippen LogP contribution is 2.40. The van der Waals surface area contributed by atoms with Crippen LogP contribution in [0.4, 0.5) is 10.7 Å². The first kappa shape index (κ1) is 26.5. The van der Waals surface area contributed by atoms with Gasteiger partial charge in [0.15, 0.2) is 0 Å². The molecule has 1 heterocycles. The standard InChI is InChI=1S/C26H28N2O7S2/c1-4-35-26(30)24-19-8-7-11-22(19)36-25(24)27-23(29)16-28(20-9-5-6-10-21(20)34-3)37(31,32)18-14-12-17(33-2)13-15-18/h5-6,9-10,12-15H,4,7-8,11,16H2,1-3H3,(H,27,29). The highest BCUT2D eigenvalue weighted by atomic mass is 32.2. The number of sulfonamides is 1. The zero-order chi connectivity index (χ0) is 26.6. The molecule has 1 aromatic heterocycles. The van der Waals surface area contributed by atoms with E-state index in [0.717, 1.165) is 34.0 Å². The third kappa shape index (κ3) is 5.42. The van der Waals surface area contributed by atoms with Crippen molar-refractivity contribution in [3.05, 3.63) is 64.5 Å². The number of thiophene rings is 1. The smallest absolute Gasteiger partial charge is 0.341 e. The van der Waals surface area contributed by atoms with Crippen LogP contribution in [0.1, 0.15) is 34.1 Å². The summed E-state index contributed by atoms with van der Waals surface area (Å²) in [4.78, 5) is 27.0. The summed E-state index contributed by atoms with van der Waals surface area (Å²) in [5.74, 6) is -0.314. The Morgan fingerprint density at radius 1 is 1.03 bits per heavy atom. The molecule has 11 heteroatoms. The number of nitrogens with one attached hydrogen (secondary N) is 1. The Morgan fingerprint density at radius 2 is 1.76 bits per heavy atom. The number of rotatable bonds is 10. The van der Waals surface area contributed by atoms with Crippen molar-refractivity contribution in [3.8, 4) is 11.5 Å². The second-order valence-electron chi connectivity index (χ2n) is 8.19. The lowest BCUT2D eigenvalue weighted by Gasteiger charge is -2.25. The maximum atomic E-state index is 13.7. The molecular formula is C26H28N2O7S2. The fourth-order valence-electron chi connectivity index (χ4n) is 4.22. The molecule has 9 nitrogen and oxygen atoms in total. The second kappa shape index (κ2) is 11.2. The van der Waals surface area contributed by atoms with E-state index >= 15 is 0 Å². The van der Waals surface area contributed by atoms with Gasteiger partial charge in [0, 0.05) is 4.88 Å². The molecule has 1 amide bonds. The molecule has 1 N–H and O–H groups in total. The van der Waals surface area contributed by atoms with Crippen molar-refractivity contribution in [2.45, 2.75) is 31.1 Å². The lowest BCUT2D eigenvalue weighted by molar-refractivity contribution is -0.114. The topological polar surface area (TPSA) is 111 Å². The summed E-state index contributed by atoms with van der Waals surface area (Å²) in [7, 11) is -1.27. The molecule has 196 valence electrons. The van der Waals surface area contributed by atoms with E-state index in [-0.39, 0.29) is 22.9 Å². The largest absolute Gasteiger partial charge is 0.497 e. The molecule has 0 fully saturated rings. The number of carbonyl (C=O) groups is 2. The number of amides is 1. The first-order valence-electron chi connectivity index (χ1n) is 11.7. The van der Waals surface area contributed by atoms with E-state index in [9.17, 15) is 18.0 Å². The summed E-state index contributed by atoms with van der Waals surface area (Å²) in [6.45, 7) is 1.38. The van der Waals surface area contributed by atoms with Crippen molar-refractivity contribution >= 4 is 43.9 Å². The van der Waals surface area contributed by atoms with E-state index in [0.29, 0.717) is 16.3 Å². The van der Waals surface area contributed by atoms with Crippen molar-refractivity contribution in [1.29, 1.82) is 0 Å². The molecule has 0 spiro atoms. The third-order valence-corrected chi connectivity index (χ3v) is 8.92. The quantitative estimate of drug-likeness (QED) is 0.380. The Bertz CT molecular complexity index is 1400. The van der Waals surface area contributed by atoms with Crippen LogP contribution in [-0.2, 0) is 32.4 Å². The fourth-order valence-corrected chi connectivity index (χ4v) is 6.94. The van der Waals surface area contributed by atoms with Gasteiger partial charge in [0.05, 0.1) is 37.0 Å². The normalized spacial score (nSPS) is 12.5. The molecule has 0 saturated carbocycles. The minimum atomic E-state index is -4.18. The van der Waals surface area contributed by atoms with Crippen LogP contribution in [0.15, 0.2) is 53.4 Å². The van der Waals surface area contributed by atoms with E-state index < -0.39 is 28.4 Å². The molecule has 37 heavy (non-hydrogen) atoms. The number of carbonyl (C=O) groups excluding carboxylic acids is 2. The zero-order valence-electron chi connectivity index (χ0n) is 20.8. The number of ether oxygens (including phenoxy) is 3. The Labute approximate surface area is 220 Å². The molecule has 0 radical (unpaired) electrons. The maximum Gasteiger partial charge on any atom is 0.341 e. The van der Waals surface area contributed by atoms with Gasteiger partial charge in [-0.3, -0.25) is 9.10 Å². The Hall–Kier alpha value is -3.57.